The standard InChI is InChI=1S/C17H18ClFN2O2/c18-12-6-11(7-13(19)8-12)15(22)9-21-17(23)14-4-5-20-16(14)10-2-1-3-10/h4-8,10,15,20,22H,1-3,9H2,(H,21,23). The minimum atomic E-state index is -1.02. The zero-order valence-corrected chi connectivity index (χ0v) is 13.2. The van der Waals surface area contributed by atoms with E-state index in [0.717, 1.165) is 18.5 Å². The highest BCUT2D eigenvalue weighted by Gasteiger charge is 2.25. The number of aromatic amines is 1. The lowest BCUT2D eigenvalue weighted by Gasteiger charge is -2.25. The maximum Gasteiger partial charge on any atom is 0.253 e. The Hall–Kier alpha value is -1.85. The third-order valence-corrected chi connectivity index (χ3v) is 4.48. The van der Waals surface area contributed by atoms with Gasteiger partial charge in [-0.3, -0.25) is 4.79 Å². The van der Waals surface area contributed by atoms with Crippen molar-refractivity contribution in [2.24, 2.45) is 0 Å². The van der Waals surface area contributed by atoms with Gasteiger partial charge in [-0.05, 0) is 48.6 Å². The van der Waals surface area contributed by atoms with Crippen LogP contribution in [0.25, 0.3) is 0 Å². The number of aliphatic hydroxyl groups is 1. The molecule has 1 aliphatic carbocycles. The van der Waals surface area contributed by atoms with Gasteiger partial charge in [-0.1, -0.05) is 18.0 Å². The fraction of sp³-hybridized carbons (Fsp3) is 0.353. The lowest BCUT2D eigenvalue weighted by Crippen LogP contribution is -2.29. The minimum absolute atomic E-state index is 0.00605. The van der Waals surface area contributed by atoms with Crippen LogP contribution in [0.15, 0.2) is 30.5 Å². The summed E-state index contributed by atoms with van der Waals surface area (Å²) in [4.78, 5) is 15.4. The van der Waals surface area contributed by atoms with Crippen LogP contribution in [0.2, 0.25) is 5.02 Å². The van der Waals surface area contributed by atoms with E-state index in [-0.39, 0.29) is 17.5 Å². The summed E-state index contributed by atoms with van der Waals surface area (Å²) in [5.74, 6) is -0.344. The number of aromatic nitrogens is 1. The number of benzene rings is 1. The zero-order chi connectivity index (χ0) is 16.4. The highest BCUT2D eigenvalue weighted by molar-refractivity contribution is 6.30. The molecule has 6 heteroatoms. The summed E-state index contributed by atoms with van der Waals surface area (Å²) in [6.45, 7) is -0.00605. The van der Waals surface area contributed by atoms with Gasteiger partial charge < -0.3 is 15.4 Å². The van der Waals surface area contributed by atoms with Crippen molar-refractivity contribution >= 4 is 17.5 Å². The van der Waals surface area contributed by atoms with Crippen LogP contribution in [0.5, 0.6) is 0 Å². The highest BCUT2D eigenvalue weighted by atomic mass is 35.5. The normalized spacial score (nSPS) is 16.0. The summed E-state index contributed by atoms with van der Waals surface area (Å²) >= 11 is 5.77. The molecule has 2 aromatic rings. The van der Waals surface area contributed by atoms with E-state index in [1.165, 1.54) is 24.6 Å². The van der Waals surface area contributed by atoms with Crippen molar-refractivity contribution in [1.82, 2.24) is 10.3 Å². The van der Waals surface area contributed by atoms with Crippen molar-refractivity contribution in [2.45, 2.75) is 31.3 Å². The van der Waals surface area contributed by atoms with Gasteiger partial charge in [0.2, 0.25) is 0 Å². The SMILES string of the molecule is O=C(NCC(O)c1cc(F)cc(Cl)c1)c1cc[nH]c1C1CCC1. The summed E-state index contributed by atoms with van der Waals surface area (Å²) in [6.07, 6.45) is 4.10. The molecule has 3 rings (SSSR count). The van der Waals surface area contributed by atoms with Crippen LogP contribution in [0.1, 0.15) is 52.9 Å². The Labute approximate surface area is 138 Å². The van der Waals surface area contributed by atoms with Gasteiger partial charge in [0.1, 0.15) is 5.82 Å². The zero-order valence-electron chi connectivity index (χ0n) is 12.5. The summed E-state index contributed by atoms with van der Waals surface area (Å²) in [7, 11) is 0. The minimum Gasteiger partial charge on any atom is -0.387 e. The summed E-state index contributed by atoms with van der Waals surface area (Å²) < 4.78 is 13.3. The second kappa shape index (κ2) is 6.72. The van der Waals surface area contributed by atoms with Crippen molar-refractivity contribution in [2.75, 3.05) is 6.54 Å². The number of H-pyrrole nitrogens is 1. The van der Waals surface area contributed by atoms with E-state index in [9.17, 15) is 14.3 Å². The molecule has 1 atom stereocenters. The van der Waals surface area contributed by atoms with E-state index >= 15 is 0 Å². The fourth-order valence-electron chi connectivity index (χ4n) is 2.78. The van der Waals surface area contributed by atoms with Crippen LogP contribution in [0, 0.1) is 5.82 Å². The number of halogens is 2. The summed E-state index contributed by atoms with van der Waals surface area (Å²) in [5.41, 5.74) is 1.90. The van der Waals surface area contributed by atoms with Crippen molar-refractivity contribution in [3.8, 4) is 0 Å². The molecule has 0 radical (unpaired) electrons. The van der Waals surface area contributed by atoms with E-state index in [4.69, 9.17) is 11.6 Å². The molecule has 1 saturated carbocycles. The lowest BCUT2D eigenvalue weighted by molar-refractivity contribution is 0.0914. The second-order valence-electron chi connectivity index (χ2n) is 5.86. The van der Waals surface area contributed by atoms with Crippen molar-refractivity contribution < 1.29 is 14.3 Å². The molecule has 1 heterocycles. The third kappa shape index (κ3) is 3.57. The number of amides is 1. The predicted molar refractivity (Wildman–Crippen MR) is 86.1 cm³/mol. The van der Waals surface area contributed by atoms with Crippen LogP contribution in [0.3, 0.4) is 0 Å². The average Bonchev–Trinajstić information content (AvgIpc) is 2.90. The Morgan fingerprint density at radius 3 is 2.87 bits per heavy atom. The van der Waals surface area contributed by atoms with Crippen LogP contribution >= 0.6 is 11.6 Å². The molecule has 3 N–H and O–H groups in total. The molecule has 122 valence electrons. The van der Waals surface area contributed by atoms with Crippen molar-refractivity contribution in [3.05, 3.63) is 58.1 Å². The molecule has 1 aromatic carbocycles. The first-order chi connectivity index (χ1) is 11.0. The molecule has 0 aliphatic heterocycles. The number of aliphatic hydroxyl groups excluding tert-OH is 1. The quantitative estimate of drug-likeness (QED) is 0.782. The van der Waals surface area contributed by atoms with Crippen molar-refractivity contribution in [1.29, 1.82) is 0 Å². The van der Waals surface area contributed by atoms with Crippen LogP contribution < -0.4 is 5.32 Å². The van der Waals surface area contributed by atoms with Crippen LogP contribution in [-0.4, -0.2) is 22.5 Å². The van der Waals surface area contributed by atoms with Gasteiger partial charge in [-0.25, -0.2) is 4.39 Å². The molecular formula is C17H18ClFN2O2. The number of carbonyl (C=O) groups excluding carboxylic acids is 1. The van der Waals surface area contributed by atoms with E-state index in [1.807, 2.05) is 0 Å². The highest BCUT2D eigenvalue weighted by Crippen LogP contribution is 2.37. The Bertz CT molecular complexity index is 692. The predicted octanol–water partition coefficient (Wildman–Crippen LogP) is 3.54. The Morgan fingerprint density at radius 1 is 1.43 bits per heavy atom. The Morgan fingerprint density at radius 2 is 2.22 bits per heavy atom. The van der Waals surface area contributed by atoms with E-state index in [1.54, 1.807) is 12.3 Å². The first kappa shape index (κ1) is 16.0. The average molecular weight is 337 g/mol. The number of hydrogen-bond acceptors (Lipinski definition) is 2. The molecule has 1 aromatic heterocycles. The second-order valence-corrected chi connectivity index (χ2v) is 6.30. The fourth-order valence-corrected chi connectivity index (χ4v) is 3.02. The van der Waals surface area contributed by atoms with Gasteiger partial charge >= 0.3 is 0 Å². The Kier molecular flexibility index (Phi) is 4.68. The van der Waals surface area contributed by atoms with E-state index in [2.05, 4.69) is 10.3 Å². The maximum absolute atomic E-state index is 13.3. The monoisotopic (exact) mass is 336 g/mol. The van der Waals surface area contributed by atoms with Crippen LogP contribution in [-0.2, 0) is 0 Å². The molecule has 1 fully saturated rings. The molecule has 23 heavy (non-hydrogen) atoms. The molecule has 0 bridgehead atoms. The maximum atomic E-state index is 13.3. The molecule has 1 unspecified atom stereocenters. The third-order valence-electron chi connectivity index (χ3n) is 4.26. The van der Waals surface area contributed by atoms with Gasteiger partial charge in [-0.15, -0.1) is 0 Å². The van der Waals surface area contributed by atoms with Crippen LogP contribution in [0.4, 0.5) is 4.39 Å². The topological polar surface area (TPSA) is 65.1 Å². The van der Waals surface area contributed by atoms with Gasteiger partial charge in [-0.2, -0.15) is 0 Å². The summed E-state index contributed by atoms with van der Waals surface area (Å²) in [5, 5.41) is 13.0. The number of rotatable bonds is 5. The first-order valence-corrected chi connectivity index (χ1v) is 8.02. The molecular weight excluding hydrogens is 319 g/mol. The van der Waals surface area contributed by atoms with Gasteiger partial charge in [0.25, 0.3) is 5.91 Å². The largest absolute Gasteiger partial charge is 0.387 e. The van der Waals surface area contributed by atoms with Crippen molar-refractivity contribution in [3.63, 3.8) is 0 Å². The molecule has 1 aliphatic rings. The Balaban J connectivity index is 1.63. The molecule has 1 amide bonds. The molecule has 4 nitrogen and oxygen atoms in total. The van der Waals surface area contributed by atoms with E-state index < -0.39 is 11.9 Å². The first-order valence-electron chi connectivity index (χ1n) is 7.64. The molecule has 0 saturated heterocycles. The summed E-state index contributed by atoms with van der Waals surface area (Å²) in [6, 6.07) is 5.60. The van der Waals surface area contributed by atoms with E-state index in [0.29, 0.717) is 17.0 Å². The van der Waals surface area contributed by atoms with Gasteiger partial charge in [0, 0.05) is 23.5 Å². The smallest absolute Gasteiger partial charge is 0.253 e. The molecule has 0 spiro atoms. The van der Waals surface area contributed by atoms with Gasteiger partial charge in [0.15, 0.2) is 0 Å². The van der Waals surface area contributed by atoms with Gasteiger partial charge in [0.05, 0.1) is 11.7 Å². The number of nitrogens with one attached hydrogen (secondary N) is 2. The number of carbonyl (C=O) groups is 1. The lowest BCUT2D eigenvalue weighted by atomic mass is 9.81. The number of hydrogen-bond donors (Lipinski definition) is 3.